The van der Waals surface area contributed by atoms with Gasteiger partial charge in [-0.1, -0.05) is 6.08 Å². The number of aliphatic hydroxyl groups excluding tert-OH is 1. The van der Waals surface area contributed by atoms with E-state index in [1.807, 2.05) is 0 Å². The fourth-order valence-electron chi connectivity index (χ4n) is 3.96. The van der Waals surface area contributed by atoms with Crippen molar-refractivity contribution in [2.75, 3.05) is 0 Å². The SMILES string of the molecule is CC(C)(C)OC(=O)N1C(=O)/C(=C\O)C2C[C@@H]3CCCC=C3[C@H]21. The molecular weight excluding hydrogens is 282 g/mol. The molecule has 3 atom stereocenters. The first kappa shape index (κ1) is 15.1. The Morgan fingerprint density at radius 3 is 2.82 bits per heavy atom. The third-order valence-electron chi connectivity index (χ3n) is 4.74. The number of carbonyl (C=O) groups is 2. The molecule has 0 radical (unpaired) electrons. The van der Waals surface area contributed by atoms with Crippen molar-refractivity contribution in [1.82, 2.24) is 4.90 Å². The Bertz CT molecular complexity index is 570. The number of rotatable bonds is 0. The van der Waals surface area contributed by atoms with Gasteiger partial charge in [0.15, 0.2) is 0 Å². The molecule has 1 aliphatic heterocycles. The maximum Gasteiger partial charge on any atom is 0.417 e. The van der Waals surface area contributed by atoms with Crippen molar-refractivity contribution in [2.24, 2.45) is 11.8 Å². The molecule has 0 aromatic carbocycles. The molecule has 5 nitrogen and oxygen atoms in total. The predicted molar refractivity (Wildman–Crippen MR) is 81.1 cm³/mol. The van der Waals surface area contributed by atoms with Gasteiger partial charge in [-0.25, -0.2) is 9.69 Å². The van der Waals surface area contributed by atoms with Gasteiger partial charge in [0.2, 0.25) is 0 Å². The lowest BCUT2D eigenvalue weighted by Gasteiger charge is -2.29. The van der Waals surface area contributed by atoms with Crippen LogP contribution in [-0.4, -0.2) is 33.6 Å². The van der Waals surface area contributed by atoms with Crippen molar-refractivity contribution in [2.45, 2.75) is 58.1 Å². The fraction of sp³-hybridized carbons (Fsp3) is 0.647. The van der Waals surface area contributed by atoms with Gasteiger partial charge < -0.3 is 9.84 Å². The second-order valence-corrected chi connectivity index (χ2v) is 7.36. The minimum Gasteiger partial charge on any atom is -0.515 e. The standard InChI is InChI=1S/C17H23NO4/c1-17(2,3)22-16(21)18-14-11-7-5-4-6-10(11)8-12(14)13(9-19)15(18)20/h7,9-10,12,14,19H,4-6,8H2,1-3H3/b13-9-/t10-,12?,14+/m0/s1. The Morgan fingerprint density at radius 2 is 2.18 bits per heavy atom. The largest absolute Gasteiger partial charge is 0.515 e. The Labute approximate surface area is 130 Å². The Kier molecular flexibility index (Phi) is 3.54. The summed E-state index contributed by atoms with van der Waals surface area (Å²) in [7, 11) is 0. The van der Waals surface area contributed by atoms with Crippen LogP contribution in [0.3, 0.4) is 0 Å². The van der Waals surface area contributed by atoms with Crippen LogP contribution in [0.1, 0.15) is 46.5 Å². The number of allylic oxidation sites excluding steroid dienone is 1. The van der Waals surface area contributed by atoms with Crippen LogP contribution in [0.15, 0.2) is 23.5 Å². The Balaban J connectivity index is 1.96. The number of carbonyl (C=O) groups excluding carboxylic acids is 2. The van der Waals surface area contributed by atoms with Crippen LogP contribution < -0.4 is 0 Å². The molecule has 0 spiro atoms. The highest BCUT2D eigenvalue weighted by atomic mass is 16.6. The smallest absolute Gasteiger partial charge is 0.417 e. The molecule has 3 aliphatic rings. The topological polar surface area (TPSA) is 66.8 Å². The number of hydrogen-bond acceptors (Lipinski definition) is 4. The normalized spacial score (nSPS) is 32.8. The van der Waals surface area contributed by atoms with E-state index < -0.39 is 17.6 Å². The maximum absolute atomic E-state index is 12.5. The number of ether oxygens (including phenoxy) is 1. The summed E-state index contributed by atoms with van der Waals surface area (Å²) in [6, 6.07) is -0.272. The number of hydrogen-bond donors (Lipinski definition) is 1. The van der Waals surface area contributed by atoms with Gasteiger partial charge in [0.1, 0.15) is 5.60 Å². The van der Waals surface area contributed by atoms with E-state index in [9.17, 15) is 14.7 Å². The monoisotopic (exact) mass is 305 g/mol. The van der Waals surface area contributed by atoms with E-state index in [0.29, 0.717) is 11.5 Å². The molecule has 1 unspecified atom stereocenters. The molecule has 22 heavy (non-hydrogen) atoms. The van der Waals surface area contributed by atoms with Gasteiger partial charge in [-0.15, -0.1) is 0 Å². The van der Waals surface area contributed by atoms with Crippen LogP contribution >= 0.6 is 0 Å². The third kappa shape index (κ3) is 2.32. The van der Waals surface area contributed by atoms with Crippen LogP contribution in [0.2, 0.25) is 0 Å². The zero-order valence-corrected chi connectivity index (χ0v) is 13.3. The second-order valence-electron chi connectivity index (χ2n) is 7.36. The fourth-order valence-corrected chi connectivity index (χ4v) is 3.96. The summed E-state index contributed by atoms with van der Waals surface area (Å²) in [6.07, 6.45) is 6.49. The highest BCUT2D eigenvalue weighted by Gasteiger charge is 2.55. The molecule has 1 heterocycles. The minimum atomic E-state index is -0.655. The lowest BCUT2D eigenvalue weighted by molar-refractivity contribution is -0.125. The molecule has 3 rings (SSSR count). The van der Waals surface area contributed by atoms with Gasteiger partial charge in [0.05, 0.1) is 17.9 Å². The quantitative estimate of drug-likeness (QED) is 0.423. The van der Waals surface area contributed by atoms with Crippen molar-refractivity contribution in [1.29, 1.82) is 0 Å². The van der Waals surface area contributed by atoms with E-state index in [1.54, 1.807) is 20.8 Å². The van der Waals surface area contributed by atoms with Crippen molar-refractivity contribution in [3.8, 4) is 0 Å². The number of aliphatic hydroxyl groups is 1. The summed E-state index contributed by atoms with van der Waals surface area (Å²) in [6.45, 7) is 5.34. The van der Waals surface area contributed by atoms with Crippen LogP contribution in [0.4, 0.5) is 4.79 Å². The first-order valence-corrected chi connectivity index (χ1v) is 7.94. The van der Waals surface area contributed by atoms with Crippen molar-refractivity contribution >= 4 is 12.0 Å². The molecule has 1 saturated heterocycles. The Morgan fingerprint density at radius 1 is 1.45 bits per heavy atom. The molecule has 2 aliphatic carbocycles. The molecular formula is C17H23NO4. The van der Waals surface area contributed by atoms with E-state index in [1.165, 1.54) is 10.5 Å². The minimum absolute atomic E-state index is 0.0978. The molecule has 2 fully saturated rings. The average Bonchev–Trinajstić information content (AvgIpc) is 2.89. The van der Waals surface area contributed by atoms with Crippen molar-refractivity contribution < 1.29 is 19.4 Å². The molecule has 1 N–H and O–H groups in total. The van der Waals surface area contributed by atoms with E-state index >= 15 is 0 Å². The summed E-state index contributed by atoms with van der Waals surface area (Å²) in [4.78, 5) is 26.2. The van der Waals surface area contributed by atoms with E-state index in [0.717, 1.165) is 31.9 Å². The molecule has 5 heteroatoms. The van der Waals surface area contributed by atoms with Crippen LogP contribution in [0.25, 0.3) is 0 Å². The van der Waals surface area contributed by atoms with Crippen LogP contribution in [-0.2, 0) is 9.53 Å². The van der Waals surface area contributed by atoms with Crippen LogP contribution in [0, 0.1) is 11.8 Å². The molecule has 0 aromatic rings. The van der Waals surface area contributed by atoms with Gasteiger partial charge >= 0.3 is 6.09 Å². The lowest BCUT2D eigenvalue weighted by Crippen LogP contribution is -2.43. The molecule has 2 amide bonds. The predicted octanol–water partition coefficient (Wildman–Crippen LogP) is 3.32. The van der Waals surface area contributed by atoms with E-state index in [-0.39, 0.29) is 12.0 Å². The van der Waals surface area contributed by atoms with Gasteiger partial charge in [-0.3, -0.25) is 4.79 Å². The summed E-state index contributed by atoms with van der Waals surface area (Å²) in [5, 5.41) is 9.47. The molecule has 0 aromatic heterocycles. The zero-order valence-electron chi connectivity index (χ0n) is 13.3. The number of amides is 2. The van der Waals surface area contributed by atoms with Crippen molar-refractivity contribution in [3.63, 3.8) is 0 Å². The lowest BCUT2D eigenvalue weighted by atomic mass is 9.89. The molecule has 120 valence electrons. The molecule has 0 bridgehead atoms. The van der Waals surface area contributed by atoms with Gasteiger partial charge in [0, 0.05) is 5.92 Å². The summed E-state index contributed by atoms with van der Waals surface area (Å²) < 4.78 is 5.40. The molecule has 1 saturated carbocycles. The first-order valence-electron chi connectivity index (χ1n) is 7.94. The van der Waals surface area contributed by atoms with E-state index in [4.69, 9.17) is 4.74 Å². The number of imide groups is 1. The van der Waals surface area contributed by atoms with E-state index in [2.05, 4.69) is 6.08 Å². The maximum atomic E-state index is 12.5. The summed E-state index contributed by atoms with van der Waals surface area (Å²) >= 11 is 0. The van der Waals surface area contributed by atoms with Gasteiger partial charge in [0.25, 0.3) is 5.91 Å². The van der Waals surface area contributed by atoms with Crippen LogP contribution in [0.5, 0.6) is 0 Å². The number of likely N-dealkylation sites (tertiary alicyclic amines) is 1. The highest BCUT2D eigenvalue weighted by molar-refractivity contribution is 6.06. The van der Waals surface area contributed by atoms with Crippen molar-refractivity contribution in [3.05, 3.63) is 23.5 Å². The Hall–Kier alpha value is -1.78. The number of nitrogens with zero attached hydrogens (tertiary/aromatic N) is 1. The zero-order chi connectivity index (χ0) is 16.1. The number of fused-ring (bicyclic) bond motifs is 3. The summed E-state index contributed by atoms with van der Waals surface area (Å²) in [5.41, 5.74) is 0.857. The average molecular weight is 305 g/mol. The third-order valence-corrected chi connectivity index (χ3v) is 4.74. The highest BCUT2D eigenvalue weighted by Crippen LogP contribution is 2.51. The van der Waals surface area contributed by atoms with Gasteiger partial charge in [-0.05, 0) is 57.9 Å². The first-order chi connectivity index (χ1) is 10.3. The summed E-state index contributed by atoms with van der Waals surface area (Å²) in [5.74, 6) is -0.104. The second kappa shape index (κ2) is 5.14. The van der Waals surface area contributed by atoms with Gasteiger partial charge in [-0.2, -0.15) is 0 Å².